The van der Waals surface area contributed by atoms with E-state index < -0.39 is 154 Å². The molecule has 0 amide bonds. The average Bonchev–Trinajstić information content (AvgIpc) is 3.20. The van der Waals surface area contributed by atoms with Crippen LogP contribution < -0.4 is 18.9 Å². The molecule has 6 aliphatic rings. The van der Waals surface area contributed by atoms with Crippen LogP contribution in [-0.2, 0) is 18.9 Å². The number of phenolic OH excluding ortho intramolecular Hbond substituents is 8. The molecule has 3 aliphatic carbocycles. The minimum absolute atomic E-state index is 0.0103. The molecule has 10 rings (SSSR count). The second kappa shape index (κ2) is 15.1. The molecule has 3 aliphatic heterocycles. The Morgan fingerprint density at radius 2 is 1.06 bits per heavy atom. The molecule has 4 aromatic carbocycles. The Morgan fingerprint density at radius 1 is 0.460 bits per heavy atom. The first-order valence-corrected chi connectivity index (χ1v) is 20.0. The van der Waals surface area contributed by atoms with Crippen LogP contribution in [0.25, 0.3) is 0 Å². The summed E-state index contributed by atoms with van der Waals surface area (Å²) in [6.07, 6.45) is -17.2. The maximum Gasteiger partial charge on any atom is 0.220 e. The predicted octanol–water partition coefficient (Wildman–Crippen LogP) is 1.61. The van der Waals surface area contributed by atoms with E-state index in [0.717, 1.165) is 36.4 Å². The van der Waals surface area contributed by atoms with Crippen molar-refractivity contribution in [1.29, 1.82) is 0 Å². The van der Waals surface area contributed by atoms with Crippen LogP contribution in [0.3, 0.4) is 0 Å². The van der Waals surface area contributed by atoms with Gasteiger partial charge in [0.25, 0.3) is 0 Å². The van der Waals surface area contributed by atoms with Crippen LogP contribution in [0.4, 0.5) is 0 Å². The third-order valence-corrected chi connectivity index (χ3v) is 12.4. The monoisotopic (exact) mass is 882 g/mol. The fourth-order valence-corrected chi connectivity index (χ4v) is 9.73. The number of aliphatic hydroxyl groups is 5. The van der Waals surface area contributed by atoms with Gasteiger partial charge >= 0.3 is 0 Å². The van der Waals surface area contributed by atoms with Crippen molar-refractivity contribution in [2.45, 2.75) is 111 Å². The zero-order valence-corrected chi connectivity index (χ0v) is 32.5. The molecule has 0 radical (unpaired) electrons. The van der Waals surface area contributed by atoms with Gasteiger partial charge in [0.2, 0.25) is 23.0 Å². The smallest absolute Gasteiger partial charge is 0.220 e. The molecular weight excluding hydrogens is 840 g/mol. The first-order chi connectivity index (χ1) is 30.0. The number of aromatic hydroxyl groups is 8. The van der Waals surface area contributed by atoms with Crippen molar-refractivity contribution in [1.82, 2.24) is 0 Å². The van der Waals surface area contributed by atoms with Gasteiger partial charge in [0.05, 0.1) is 42.7 Å². The van der Waals surface area contributed by atoms with E-state index in [0.29, 0.717) is 0 Å². The summed E-state index contributed by atoms with van der Waals surface area (Å²) in [5, 5.41) is 142. The summed E-state index contributed by atoms with van der Waals surface area (Å²) >= 11 is 0. The number of phenols is 8. The summed E-state index contributed by atoms with van der Waals surface area (Å²) in [6.45, 7) is 0. The first kappa shape index (κ1) is 41.1. The highest BCUT2D eigenvalue weighted by Gasteiger charge is 2.61. The molecule has 0 aromatic heterocycles. The van der Waals surface area contributed by atoms with Gasteiger partial charge in [0.15, 0.2) is 29.1 Å². The summed E-state index contributed by atoms with van der Waals surface area (Å²) < 4.78 is 48.7. The molecule has 63 heavy (non-hydrogen) atoms. The topological polar surface area (TPSA) is 337 Å². The second-order valence-corrected chi connectivity index (χ2v) is 16.5. The van der Waals surface area contributed by atoms with Crippen LogP contribution in [0, 0.1) is 0 Å². The largest absolute Gasteiger partial charge is 0.508 e. The fraction of sp³-hybridized carbons (Fsp3) is 0.429. The minimum Gasteiger partial charge on any atom is -0.508 e. The fourth-order valence-electron chi connectivity index (χ4n) is 9.73. The van der Waals surface area contributed by atoms with Crippen LogP contribution in [0.15, 0.2) is 48.5 Å². The highest BCUT2D eigenvalue weighted by atomic mass is 16.7. The standard InChI is InChI=1S/C42H42O21/c43-12-1-13(44)4-16(3-12)56-33-20(49)7-22(51)35-41(33)62-38-25(59-35)10-19(48)29(31(38)54)28-18(47)9-24-37(30(28)53)61-39-26(58-24)11-27-40(32(39)55)63-42-34(21(50)8-23(52)36(42)60-27)57-17-5-14(45)2-15(46)6-17/h1-7,10,18,21,23-24,26-28,30,32,34,36-37,39-40,42-55H,8-9,11H2. The summed E-state index contributed by atoms with van der Waals surface area (Å²) in [7, 11) is 0. The maximum absolute atomic E-state index is 11.9. The van der Waals surface area contributed by atoms with Gasteiger partial charge < -0.3 is 104 Å². The van der Waals surface area contributed by atoms with Crippen LogP contribution in [-0.4, -0.2) is 152 Å². The molecule has 13 N–H and O–H groups in total. The van der Waals surface area contributed by atoms with Gasteiger partial charge in [0.1, 0.15) is 76.9 Å². The molecule has 4 aromatic rings. The van der Waals surface area contributed by atoms with E-state index in [1.807, 2.05) is 0 Å². The van der Waals surface area contributed by atoms with Gasteiger partial charge in [-0.3, -0.25) is 0 Å². The predicted molar refractivity (Wildman–Crippen MR) is 205 cm³/mol. The minimum atomic E-state index is -1.73. The van der Waals surface area contributed by atoms with Crippen molar-refractivity contribution < 1.29 is 104 Å². The molecule has 3 saturated carbocycles. The van der Waals surface area contributed by atoms with Gasteiger partial charge in [-0.15, -0.1) is 0 Å². The Kier molecular flexibility index (Phi) is 9.89. The van der Waals surface area contributed by atoms with Crippen molar-refractivity contribution in [3.8, 4) is 86.2 Å². The molecule has 5 fully saturated rings. The lowest BCUT2D eigenvalue weighted by molar-refractivity contribution is -0.356. The van der Waals surface area contributed by atoms with Crippen molar-refractivity contribution in [3.63, 3.8) is 0 Å². The highest BCUT2D eigenvalue weighted by molar-refractivity contribution is 5.73. The second-order valence-electron chi connectivity index (χ2n) is 16.5. The molecule has 0 spiro atoms. The SMILES string of the molecule is Oc1cc(O)cc(Oc2c(O)cc(O)c3c2Oc2c(cc(O)c(C4C(O)CC5OC6CC7OC8C(O)CC(O)C(Oc9cc(O)cc(O)c9)C8OC7C(O)C6OC5C4O)c2O)O3)c1. The quantitative estimate of drug-likeness (QED) is 0.119. The zero-order chi connectivity index (χ0) is 44.3. The number of fused-ring (bicyclic) bond motifs is 6. The third kappa shape index (κ3) is 6.92. The number of aliphatic hydroxyl groups excluding tert-OH is 5. The Hall–Kier alpha value is -5.88. The van der Waals surface area contributed by atoms with E-state index in [9.17, 15) is 66.4 Å². The van der Waals surface area contributed by atoms with Gasteiger partial charge in [-0.05, 0) is 0 Å². The lowest BCUT2D eigenvalue weighted by Gasteiger charge is -2.57. The van der Waals surface area contributed by atoms with Crippen molar-refractivity contribution in [3.05, 3.63) is 54.1 Å². The summed E-state index contributed by atoms with van der Waals surface area (Å²) in [5.74, 6) is -8.10. The Balaban J connectivity index is 0.906. The number of hydrogen-bond acceptors (Lipinski definition) is 21. The zero-order valence-electron chi connectivity index (χ0n) is 32.5. The molecular formula is C42H42O21. The molecule has 0 bridgehead atoms. The van der Waals surface area contributed by atoms with Gasteiger partial charge in [-0.2, -0.15) is 0 Å². The molecule has 21 nitrogen and oxygen atoms in total. The van der Waals surface area contributed by atoms with Crippen LogP contribution in [0.1, 0.15) is 30.7 Å². The summed E-state index contributed by atoms with van der Waals surface area (Å²) in [4.78, 5) is 0. The van der Waals surface area contributed by atoms with E-state index in [4.69, 9.17) is 37.9 Å². The van der Waals surface area contributed by atoms with Crippen LogP contribution in [0.2, 0.25) is 0 Å². The van der Waals surface area contributed by atoms with Gasteiger partial charge in [-0.25, -0.2) is 0 Å². The van der Waals surface area contributed by atoms with Crippen molar-refractivity contribution >= 4 is 0 Å². The molecule has 15 unspecified atom stereocenters. The lowest BCUT2D eigenvalue weighted by atomic mass is 9.74. The molecule has 336 valence electrons. The van der Waals surface area contributed by atoms with Crippen LogP contribution >= 0.6 is 0 Å². The maximum atomic E-state index is 11.9. The van der Waals surface area contributed by atoms with E-state index in [-0.39, 0.29) is 48.0 Å². The Morgan fingerprint density at radius 3 is 1.75 bits per heavy atom. The normalized spacial score (nSPS) is 35.2. The van der Waals surface area contributed by atoms with Crippen molar-refractivity contribution in [2.24, 2.45) is 0 Å². The molecule has 21 heteroatoms. The summed E-state index contributed by atoms with van der Waals surface area (Å²) in [5.41, 5.74) is -0.408. The number of ether oxygens (including phenoxy) is 8. The van der Waals surface area contributed by atoms with E-state index >= 15 is 0 Å². The number of benzene rings is 4. The van der Waals surface area contributed by atoms with Crippen LogP contribution in [0.5, 0.6) is 86.2 Å². The summed E-state index contributed by atoms with van der Waals surface area (Å²) in [6, 6.07) is 8.60. The first-order valence-electron chi connectivity index (χ1n) is 20.0. The molecule has 15 atom stereocenters. The molecule has 3 heterocycles. The Bertz CT molecular complexity index is 2400. The number of hydrogen-bond donors (Lipinski definition) is 13. The Labute approximate surface area is 354 Å². The van der Waals surface area contributed by atoms with E-state index in [1.54, 1.807) is 0 Å². The van der Waals surface area contributed by atoms with Gasteiger partial charge in [-0.1, -0.05) is 0 Å². The van der Waals surface area contributed by atoms with Crippen molar-refractivity contribution in [2.75, 3.05) is 0 Å². The van der Waals surface area contributed by atoms with Gasteiger partial charge in [0, 0.05) is 79.3 Å². The highest BCUT2D eigenvalue weighted by Crippen LogP contribution is 2.62. The lowest BCUT2D eigenvalue weighted by Crippen LogP contribution is -2.72. The molecule has 2 saturated heterocycles. The third-order valence-electron chi connectivity index (χ3n) is 12.4. The van der Waals surface area contributed by atoms with E-state index in [2.05, 4.69) is 0 Å². The van der Waals surface area contributed by atoms with E-state index in [1.165, 1.54) is 12.1 Å². The average molecular weight is 883 g/mol. The number of rotatable bonds is 5.